The van der Waals surface area contributed by atoms with E-state index in [0.29, 0.717) is 21.9 Å². The number of benzene rings is 1. The minimum Gasteiger partial charge on any atom is -0.473 e. The van der Waals surface area contributed by atoms with Crippen molar-refractivity contribution in [1.29, 1.82) is 0 Å². The van der Waals surface area contributed by atoms with Crippen molar-refractivity contribution in [1.82, 2.24) is 4.90 Å². The Morgan fingerprint density at radius 1 is 1.28 bits per heavy atom. The van der Waals surface area contributed by atoms with E-state index in [4.69, 9.17) is 21.7 Å². The van der Waals surface area contributed by atoms with Gasteiger partial charge in [-0.05, 0) is 62.5 Å². The van der Waals surface area contributed by atoms with Gasteiger partial charge in [-0.15, -0.1) is 0 Å². The van der Waals surface area contributed by atoms with Crippen LogP contribution in [-0.2, 0) is 9.47 Å². The molecule has 8 heteroatoms. The van der Waals surface area contributed by atoms with Crippen LogP contribution in [0.1, 0.15) is 50.4 Å². The van der Waals surface area contributed by atoms with E-state index in [0.717, 1.165) is 12.1 Å². The molecular formula is C17H19F2NO3S2. The Labute approximate surface area is 154 Å². The Kier molecular flexibility index (Phi) is 4.70. The van der Waals surface area contributed by atoms with E-state index < -0.39 is 41.5 Å². The summed E-state index contributed by atoms with van der Waals surface area (Å²) in [5.41, 5.74) is 0.479. The zero-order chi connectivity index (χ0) is 18.5. The second kappa shape index (κ2) is 6.39. The molecule has 1 saturated heterocycles. The highest BCUT2D eigenvalue weighted by Gasteiger charge is 2.55. The topological polar surface area (TPSA) is 38.8 Å². The molecular weight excluding hydrogens is 368 g/mol. The Bertz CT molecular complexity index is 735. The highest BCUT2D eigenvalue weighted by molar-refractivity contribution is 8.22. The summed E-state index contributed by atoms with van der Waals surface area (Å²) in [6.07, 6.45) is 1.32. The Balaban J connectivity index is 1.98. The molecule has 0 aliphatic carbocycles. The lowest BCUT2D eigenvalue weighted by atomic mass is 9.89. The predicted molar refractivity (Wildman–Crippen MR) is 95.5 cm³/mol. The van der Waals surface area contributed by atoms with Crippen LogP contribution in [0, 0.1) is 11.6 Å². The maximum atomic E-state index is 13.8. The summed E-state index contributed by atoms with van der Waals surface area (Å²) < 4.78 is 39.1. The monoisotopic (exact) mass is 387 g/mol. The summed E-state index contributed by atoms with van der Waals surface area (Å²) in [6, 6.07) is 1.34. The first-order valence-electron chi connectivity index (χ1n) is 7.87. The Morgan fingerprint density at radius 3 is 2.44 bits per heavy atom. The molecule has 2 bridgehead atoms. The van der Waals surface area contributed by atoms with Gasteiger partial charge in [-0.25, -0.2) is 13.6 Å². The van der Waals surface area contributed by atoms with Gasteiger partial charge in [0.15, 0.2) is 11.6 Å². The van der Waals surface area contributed by atoms with Crippen LogP contribution in [-0.4, -0.2) is 33.3 Å². The first-order valence-corrected chi connectivity index (χ1v) is 9.50. The van der Waals surface area contributed by atoms with Crippen molar-refractivity contribution >= 4 is 34.5 Å². The van der Waals surface area contributed by atoms with Gasteiger partial charge < -0.3 is 9.47 Å². The molecule has 0 unspecified atom stereocenters. The van der Waals surface area contributed by atoms with E-state index in [1.165, 1.54) is 16.7 Å². The first-order chi connectivity index (χ1) is 11.6. The van der Waals surface area contributed by atoms with Crippen LogP contribution in [0.4, 0.5) is 13.6 Å². The van der Waals surface area contributed by atoms with Gasteiger partial charge in [-0.1, -0.05) is 11.8 Å². The molecule has 2 aliphatic rings. The lowest BCUT2D eigenvalue weighted by Gasteiger charge is -2.28. The van der Waals surface area contributed by atoms with Crippen LogP contribution in [0.15, 0.2) is 12.1 Å². The summed E-state index contributed by atoms with van der Waals surface area (Å²) in [7, 11) is 0. The minimum absolute atomic E-state index is 0.353. The molecule has 2 aliphatic heterocycles. The number of hydrogen-bond acceptors (Lipinski definition) is 5. The second-order valence-electron chi connectivity index (χ2n) is 7.09. The van der Waals surface area contributed by atoms with E-state index in [2.05, 4.69) is 0 Å². The standard InChI is InChI=1S/C17H19F2NO3S2/c1-17(2,3)23-15(21)20-12-7-13(22-16(24)25-4)14(20)9-6-11(19)10(18)5-8(9)12/h5-6,12-14H,7H2,1-4H3/t12-,13+,14-/m1/s1. The summed E-state index contributed by atoms with van der Waals surface area (Å²) in [6.45, 7) is 5.31. The van der Waals surface area contributed by atoms with Gasteiger partial charge in [-0.3, -0.25) is 4.90 Å². The van der Waals surface area contributed by atoms with Gasteiger partial charge in [0.05, 0.1) is 12.1 Å². The first kappa shape index (κ1) is 18.4. The third-order valence-corrected chi connectivity index (χ3v) is 5.29. The van der Waals surface area contributed by atoms with E-state index in [1.807, 2.05) is 0 Å². The van der Waals surface area contributed by atoms with Crippen molar-refractivity contribution in [2.75, 3.05) is 6.26 Å². The van der Waals surface area contributed by atoms with Gasteiger partial charge in [-0.2, -0.15) is 0 Å². The number of halogens is 2. The van der Waals surface area contributed by atoms with Gasteiger partial charge >= 0.3 is 6.09 Å². The molecule has 25 heavy (non-hydrogen) atoms. The fourth-order valence-corrected chi connectivity index (χ4v) is 3.77. The van der Waals surface area contributed by atoms with Crippen molar-refractivity contribution in [3.8, 4) is 0 Å². The third-order valence-electron chi connectivity index (χ3n) is 4.27. The molecule has 2 heterocycles. The molecule has 0 radical (unpaired) electrons. The highest BCUT2D eigenvalue weighted by Crippen LogP contribution is 2.55. The number of nitrogens with zero attached hydrogens (tertiary/aromatic N) is 1. The summed E-state index contributed by atoms with van der Waals surface area (Å²) >= 11 is 6.40. The Morgan fingerprint density at radius 2 is 1.88 bits per heavy atom. The van der Waals surface area contributed by atoms with Crippen LogP contribution in [0.5, 0.6) is 0 Å². The van der Waals surface area contributed by atoms with E-state index in [1.54, 1.807) is 27.0 Å². The summed E-state index contributed by atoms with van der Waals surface area (Å²) in [5, 5.41) is 0. The molecule has 3 atom stereocenters. The maximum Gasteiger partial charge on any atom is 0.411 e. The normalized spacial score (nSPS) is 24.2. The molecule has 0 spiro atoms. The van der Waals surface area contributed by atoms with Crippen molar-refractivity contribution in [3.05, 3.63) is 34.9 Å². The average Bonchev–Trinajstić information content (AvgIpc) is 2.99. The van der Waals surface area contributed by atoms with Gasteiger partial charge in [0.2, 0.25) is 4.38 Å². The van der Waals surface area contributed by atoms with Crippen molar-refractivity contribution < 1.29 is 23.0 Å². The number of carbonyl (C=O) groups excluding carboxylic acids is 1. The number of ether oxygens (including phenoxy) is 2. The average molecular weight is 387 g/mol. The molecule has 0 aromatic heterocycles. The van der Waals surface area contributed by atoms with E-state index in [-0.39, 0.29) is 0 Å². The Hall–Kier alpha value is -1.41. The number of amides is 1. The van der Waals surface area contributed by atoms with Crippen LogP contribution < -0.4 is 0 Å². The lowest BCUT2D eigenvalue weighted by molar-refractivity contribution is 0.0134. The molecule has 1 fully saturated rings. The molecule has 1 aromatic rings. The molecule has 1 aromatic carbocycles. The molecule has 1 amide bonds. The quantitative estimate of drug-likeness (QED) is 0.651. The summed E-state index contributed by atoms with van der Waals surface area (Å²) in [4.78, 5) is 14.2. The number of thiocarbonyl (C=S) groups is 1. The fraction of sp³-hybridized carbons (Fsp3) is 0.529. The van der Waals surface area contributed by atoms with E-state index in [9.17, 15) is 13.6 Å². The minimum atomic E-state index is -0.943. The van der Waals surface area contributed by atoms with Crippen LogP contribution in [0.3, 0.4) is 0 Å². The SMILES string of the molecule is CSC(=S)O[C@H]1C[C@@H]2c3cc(F)c(F)cc3[C@H]1N2C(=O)OC(C)(C)C. The molecule has 3 rings (SSSR count). The molecule has 0 N–H and O–H groups in total. The smallest absolute Gasteiger partial charge is 0.411 e. The van der Waals surface area contributed by atoms with Crippen molar-refractivity contribution in [2.24, 2.45) is 0 Å². The molecule has 0 saturated carbocycles. The second-order valence-corrected chi connectivity index (χ2v) is 8.50. The number of thioether (sulfide) groups is 1. The van der Waals surface area contributed by atoms with Crippen molar-refractivity contribution in [2.45, 2.75) is 51.0 Å². The van der Waals surface area contributed by atoms with Crippen LogP contribution in [0.2, 0.25) is 0 Å². The lowest BCUT2D eigenvalue weighted by Crippen LogP contribution is -2.36. The largest absolute Gasteiger partial charge is 0.473 e. The van der Waals surface area contributed by atoms with Gasteiger partial charge in [0.1, 0.15) is 11.7 Å². The number of fused-ring (bicyclic) bond motifs is 5. The predicted octanol–water partition coefficient (Wildman–Crippen LogP) is 4.73. The number of rotatable bonds is 1. The molecule has 136 valence electrons. The number of carbonyl (C=O) groups is 1. The fourth-order valence-electron chi connectivity index (χ4n) is 3.42. The van der Waals surface area contributed by atoms with Gasteiger partial charge in [0, 0.05) is 6.42 Å². The zero-order valence-corrected chi connectivity index (χ0v) is 16.0. The molecule has 4 nitrogen and oxygen atoms in total. The van der Waals surface area contributed by atoms with E-state index >= 15 is 0 Å². The maximum absolute atomic E-state index is 13.8. The van der Waals surface area contributed by atoms with Crippen LogP contribution >= 0.6 is 24.0 Å². The number of hydrogen-bond donors (Lipinski definition) is 0. The van der Waals surface area contributed by atoms with Crippen LogP contribution in [0.25, 0.3) is 0 Å². The van der Waals surface area contributed by atoms with Crippen molar-refractivity contribution in [3.63, 3.8) is 0 Å². The summed E-state index contributed by atoms with van der Waals surface area (Å²) in [5.74, 6) is -1.87. The van der Waals surface area contributed by atoms with Gasteiger partial charge in [0.25, 0.3) is 0 Å². The zero-order valence-electron chi connectivity index (χ0n) is 14.3. The third kappa shape index (κ3) is 3.33. The highest BCUT2D eigenvalue weighted by atomic mass is 32.2.